The van der Waals surface area contributed by atoms with Crippen LogP contribution in [0.3, 0.4) is 0 Å². The zero-order valence-corrected chi connectivity index (χ0v) is 14.7. The molecule has 2 heterocycles. The molecule has 2 rings (SSSR count). The zero-order chi connectivity index (χ0) is 17.9. The molecule has 1 amide bonds. The van der Waals surface area contributed by atoms with Gasteiger partial charge in [0.05, 0.1) is 5.60 Å². The van der Waals surface area contributed by atoms with Gasteiger partial charge in [-0.25, -0.2) is 4.98 Å². The Kier molecular flexibility index (Phi) is 5.39. The summed E-state index contributed by atoms with van der Waals surface area (Å²) in [6, 6.07) is 3.56. The third-order valence-electron chi connectivity index (χ3n) is 4.00. The molecule has 1 unspecified atom stereocenters. The lowest BCUT2D eigenvalue weighted by Crippen LogP contribution is -2.42. The lowest BCUT2D eigenvalue weighted by molar-refractivity contribution is 0.0429. The van der Waals surface area contributed by atoms with Gasteiger partial charge in [-0.15, -0.1) is 0 Å². The number of nitrogens with zero attached hydrogens (tertiary/aromatic N) is 2. The second-order valence-corrected chi connectivity index (χ2v) is 7.02. The number of aryl methyl sites for hydroxylation is 1. The average Bonchev–Trinajstić information content (AvgIpc) is 2.51. The molecule has 0 spiro atoms. The zero-order valence-electron chi connectivity index (χ0n) is 14.7. The Balaban J connectivity index is 2.13. The van der Waals surface area contributed by atoms with Crippen molar-refractivity contribution in [2.24, 2.45) is 5.92 Å². The maximum Gasteiger partial charge on any atom is 0.270 e. The summed E-state index contributed by atoms with van der Waals surface area (Å²) in [5, 5.41) is 13.0. The predicted molar refractivity (Wildman–Crippen MR) is 93.2 cm³/mol. The van der Waals surface area contributed by atoms with Crippen LogP contribution in [0.1, 0.15) is 49.5 Å². The molecule has 6 heteroatoms. The summed E-state index contributed by atoms with van der Waals surface area (Å²) in [5.74, 6) is -0.0442. The molecule has 24 heavy (non-hydrogen) atoms. The molecule has 0 saturated heterocycles. The van der Waals surface area contributed by atoms with E-state index >= 15 is 0 Å². The van der Waals surface area contributed by atoms with Gasteiger partial charge in [-0.2, -0.15) is 0 Å². The van der Waals surface area contributed by atoms with Crippen LogP contribution in [0.15, 0.2) is 29.3 Å². The van der Waals surface area contributed by atoms with Crippen molar-refractivity contribution in [3.05, 3.63) is 46.0 Å². The minimum atomic E-state index is -1.00. The van der Waals surface area contributed by atoms with Crippen LogP contribution in [-0.2, 0) is 0 Å². The minimum absolute atomic E-state index is 0.0315. The van der Waals surface area contributed by atoms with Gasteiger partial charge in [-0.3, -0.25) is 14.0 Å². The Morgan fingerprint density at radius 1 is 1.46 bits per heavy atom. The number of hydrogen-bond donors (Lipinski definition) is 2. The van der Waals surface area contributed by atoms with Gasteiger partial charge in [0.2, 0.25) is 0 Å². The van der Waals surface area contributed by atoms with Crippen molar-refractivity contribution in [2.45, 2.75) is 46.1 Å². The van der Waals surface area contributed by atoms with Crippen LogP contribution in [0.5, 0.6) is 0 Å². The smallest absolute Gasteiger partial charge is 0.270 e. The van der Waals surface area contributed by atoms with E-state index in [9.17, 15) is 14.7 Å². The molecule has 0 aliphatic rings. The van der Waals surface area contributed by atoms with E-state index in [1.54, 1.807) is 25.3 Å². The Morgan fingerprint density at radius 3 is 2.83 bits per heavy atom. The Bertz CT molecular complexity index is 794. The normalized spacial score (nSPS) is 13.9. The van der Waals surface area contributed by atoms with E-state index < -0.39 is 17.1 Å². The molecule has 2 aromatic rings. The number of carbonyl (C=O) groups excluding carboxylic acids is 1. The van der Waals surface area contributed by atoms with Crippen LogP contribution in [0, 0.1) is 12.8 Å². The number of carbonyl (C=O) groups is 1. The van der Waals surface area contributed by atoms with Gasteiger partial charge in [-0.05, 0) is 50.3 Å². The van der Waals surface area contributed by atoms with Crippen LogP contribution in [0.25, 0.3) is 5.65 Å². The summed E-state index contributed by atoms with van der Waals surface area (Å²) in [6.45, 7) is 7.85. The Morgan fingerprint density at radius 2 is 2.17 bits per heavy atom. The Labute approximate surface area is 141 Å². The van der Waals surface area contributed by atoms with E-state index in [4.69, 9.17) is 0 Å². The van der Waals surface area contributed by atoms with Gasteiger partial charge in [0.15, 0.2) is 0 Å². The van der Waals surface area contributed by atoms with E-state index in [0.29, 0.717) is 18.0 Å². The highest BCUT2D eigenvalue weighted by atomic mass is 16.3. The van der Waals surface area contributed by atoms with Crippen LogP contribution in [-0.4, -0.2) is 32.5 Å². The highest BCUT2D eigenvalue weighted by Crippen LogP contribution is 2.15. The topological polar surface area (TPSA) is 83.7 Å². The highest BCUT2D eigenvalue weighted by molar-refractivity contribution is 5.93. The number of hydrogen-bond acceptors (Lipinski definition) is 4. The molecule has 130 valence electrons. The van der Waals surface area contributed by atoms with Gasteiger partial charge in [-0.1, -0.05) is 13.8 Å². The number of amides is 1. The molecule has 0 aromatic carbocycles. The van der Waals surface area contributed by atoms with Crippen LogP contribution in [0.4, 0.5) is 0 Å². The predicted octanol–water partition coefficient (Wildman–Crippen LogP) is 1.92. The van der Waals surface area contributed by atoms with Gasteiger partial charge in [0.1, 0.15) is 11.2 Å². The number of rotatable bonds is 6. The van der Waals surface area contributed by atoms with Crippen molar-refractivity contribution in [2.75, 3.05) is 6.54 Å². The van der Waals surface area contributed by atoms with E-state index in [1.807, 2.05) is 6.92 Å². The molecular weight excluding hydrogens is 306 g/mol. The van der Waals surface area contributed by atoms with Gasteiger partial charge < -0.3 is 10.4 Å². The fourth-order valence-electron chi connectivity index (χ4n) is 2.39. The molecule has 0 radical (unpaired) electrons. The molecule has 1 atom stereocenters. The summed E-state index contributed by atoms with van der Waals surface area (Å²) in [5.41, 5.74) is 0.0356. The number of pyridine rings is 1. The first-order chi connectivity index (χ1) is 11.2. The third-order valence-corrected chi connectivity index (χ3v) is 4.00. The van der Waals surface area contributed by atoms with E-state index in [0.717, 1.165) is 12.0 Å². The molecule has 6 nitrogen and oxygen atoms in total. The molecule has 0 aliphatic heterocycles. The fraction of sp³-hybridized carbons (Fsp3) is 0.500. The lowest BCUT2D eigenvalue weighted by atomic mass is 9.95. The fourth-order valence-corrected chi connectivity index (χ4v) is 2.39. The highest BCUT2D eigenvalue weighted by Gasteiger charge is 2.23. The van der Waals surface area contributed by atoms with Gasteiger partial charge in [0, 0.05) is 18.9 Å². The molecule has 0 saturated carbocycles. The van der Waals surface area contributed by atoms with E-state index in [1.165, 1.54) is 10.6 Å². The van der Waals surface area contributed by atoms with Crippen molar-refractivity contribution in [3.63, 3.8) is 0 Å². The first-order valence-corrected chi connectivity index (χ1v) is 8.18. The van der Waals surface area contributed by atoms with Crippen LogP contribution >= 0.6 is 0 Å². The quantitative estimate of drug-likeness (QED) is 0.847. The lowest BCUT2D eigenvalue weighted by Gasteiger charge is -2.24. The maximum absolute atomic E-state index is 12.4. The van der Waals surface area contributed by atoms with E-state index in [-0.39, 0.29) is 12.1 Å². The molecule has 0 bridgehead atoms. The van der Waals surface area contributed by atoms with Crippen molar-refractivity contribution in [1.29, 1.82) is 0 Å². The standard InChI is InChI=1S/C18H25N3O3/c1-12(2)5-7-18(4,24)11-20-16(22)14-10-19-15-9-13(3)6-8-21(15)17(14)23/h6,8-10,12,24H,5,7,11H2,1-4H3,(H,20,22). The number of fused-ring (bicyclic) bond motifs is 1. The van der Waals surface area contributed by atoms with Crippen molar-refractivity contribution >= 4 is 11.6 Å². The summed E-state index contributed by atoms with van der Waals surface area (Å²) >= 11 is 0. The summed E-state index contributed by atoms with van der Waals surface area (Å²) < 4.78 is 1.35. The number of aromatic nitrogens is 2. The summed E-state index contributed by atoms with van der Waals surface area (Å²) in [4.78, 5) is 28.9. The van der Waals surface area contributed by atoms with Gasteiger partial charge >= 0.3 is 0 Å². The van der Waals surface area contributed by atoms with Crippen molar-refractivity contribution in [3.8, 4) is 0 Å². The van der Waals surface area contributed by atoms with Gasteiger partial charge in [0.25, 0.3) is 11.5 Å². The molecule has 2 N–H and O–H groups in total. The monoisotopic (exact) mass is 331 g/mol. The second-order valence-electron chi connectivity index (χ2n) is 7.02. The second kappa shape index (κ2) is 7.13. The van der Waals surface area contributed by atoms with Crippen LogP contribution in [0.2, 0.25) is 0 Å². The first kappa shape index (κ1) is 18.1. The summed E-state index contributed by atoms with van der Waals surface area (Å²) in [6.07, 6.45) is 4.34. The summed E-state index contributed by atoms with van der Waals surface area (Å²) in [7, 11) is 0. The molecule has 0 aliphatic carbocycles. The van der Waals surface area contributed by atoms with Crippen molar-refractivity contribution < 1.29 is 9.90 Å². The number of nitrogens with one attached hydrogen (secondary N) is 1. The molecule has 0 fully saturated rings. The molecular formula is C18H25N3O3. The maximum atomic E-state index is 12.4. The Hall–Kier alpha value is -2.21. The SMILES string of the molecule is Cc1ccn2c(=O)c(C(=O)NCC(C)(O)CCC(C)C)cnc2c1. The molecule has 2 aromatic heterocycles. The third kappa shape index (κ3) is 4.41. The van der Waals surface area contributed by atoms with Crippen LogP contribution < -0.4 is 10.9 Å². The largest absolute Gasteiger partial charge is 0.388 e. The number of aliphatic hydroxyl groups is 1. The van der Waals surface area contributed by atoms with E-state index in [2.05, 4.69) is 24.1 Å². The average molecular weight is 331 g/mol. The van der Waals surface area contributed by atoms with Crippen molar-refractivity contribution in [1.82, 2.24) is 14.7 Å². The minimum Gasteiger partial charge on any atom is -0.388 e. The first-order valence-electron chi connectivity index (χ1n) is 8.18.